The molecule has 1 aromatic heterocycles. The highest BCUT2D eigenvalue weighted by Gasteiger charge is 2.47. The Morgan fingerprint density at radius 1 is 1.20 bits per heavy atom. The number of thiophene rings is 1. The molecule has 0 unspecified atom stereocenters. The molecular formula is C22H24N2O5S. The SMILES string of the molecule is CCOC(=O)N1CCC(N2C(=O)c3ccccc3[C@@H](C(=O)O)[C@H]2c2ccsc2)CC1. The summed E-state index contributed by atoms with van der Waals surface area (Å²) in [5, 5.41) is 13.9. The molecule has 2 amide bonds. The van der Waals surface area contributed by atoms with Crippen LogP contribution < -0.4 is 0 Å². The van der Waals surface area contributed by atoms with Gasteiger partial charge in [0.25, 0.3) is 5.91 Å². The summed E-state index contributed by atoms with van der Waals surface area (Å²) in [5.41, 5.74) is 1.85. The van der Waals surface area contributed by atoms with E-state index in [9.17, 15) is 19.5 Å². The number of nitrogens with zero attached hydrogens (tertiary/aromatic N) is 2. The van der Waals surface area contributed by atoms with Crippen molar-refractivity contribution in [3.05, 3.63) is 57.8 Å². The molecule has 2 aliphatic rings. The summed E-state index contributed by atoms with van der Waals surface area (Å²) >= 11 is 1.49. The monoisotopic (exact) mass is 428 g/mol. The van der Waals surface area contributed by atoms with Crippen molar-refractivity contribution in [2.45, 2.75) is 37.8 Å². The molecule has 3 heterocycles. The van der Waals surface area contributed by atoms with Gasteiger partial charge in [-0.15, -0.1) is 0 Å². The third kappa shape index (κ3) is 3.56. The minimum atomic E-state index is -0.944. The molecule has 2 aliphatic heterocycles. The van der Waals surface area contributed by atoms with Gasteiger partial charge in [0.15, 0.2) is 0 Å². The van der Waals surface area contributed by atoms with Crippen molar-refractivity contribution in [1.82, 2.24) is 9.80 Å². The maximum Gasteiger partial charge on any atom is 0.409 e. The number of rotatable bonds is 4. The molecule has 0 saturated carbocycles. The van der Waals surface area contributed by atoms with Gasteiger partial charge in [0.2, 0.25) is 0 Å². The Morgan fingerprint density at radius 2 is 1.93 bits per heavy atom. The van der Waals surface area contributed by atoms with Crippen LogP contribution in [-0.4, -0.2) is 58.6 Å². The number of piperidine rings is 1. The highest BCUT2D eigenvalue weighted by Crippen LogP contribution is 2.45. The van der Waals surface area contributed by atoms with Crippen molar-refractivity contribution >= 4 is 29.3 Å². The van der Waals surface area contributed by atoms with E-state index in [1.165, 1.54) is 11.3 Å². The fourth-order valence-electron chi connectivity index (χ4n) is 4.56. The van der Waals surface area contributed by atoms with Gasteiger partial charge in [0.1, 0.15) is 5.92 Å². The van der Waals surface area contributed by atoms with Crippen LogP contribution in [0.15, 0.2) is 41.1 Å². The lowest BCUT2D eigenvalue weighted by Crippen LogP contribution is -2.53. The molecular weight excluding hydrogens is 404 g/mol. The van der Waals surface area contributed by atoms with Gasteiger partial charge < -0.3 is 19.6 Å². The van der Waals surface area contributed by atoms with Gasteiger partial charge in [-0.2, -0.15) is 11.3 Å². The normalized spacial score (nSPS) is 22.0. The smallest absolute Gasteiger partial charge is 0.409 e. The van der Waals surface area contributed by atoms with Crippen LogP contribution in [0.3, 0.4) is 0 Å². The maximum atomic E-state index is 13.5. The summed E-state index contributed by atoms with van der Waals surface area (Å²) < 4.78 is 5.09. The number of carboxylic acids is 1. The third-order valence-corrected chi connectivity index (χ3v) is 6.61. The third-order valence-electron chi connectivity index (χ3n) is 5.91. The van der Waals surface area contributed by atoms with E-state index in [2.05, 4.69) is 0 Å². The topological polar surface area (TPSA) is 87.2 Å². The second-order valence-electron chi connectivity index (χ2n) is 7.53. The second kappa shape index (κ2) is 8.47. The van der Waals surface area contributed by atoms with E-state index in [4.69, 9.17) is 4.74 Å². The summed E-state index contributed by atoms with van der Waals surface area (Å²) in [5.74, 6) is -1.93. The van der Waals surface area contributed by atoms with E-state index in [1.54, 1.807) is 41.0 Å². The minimum Gasteiger partial charge on any atom is -0.481 e. The van der Waals surface area contributed by atoms with E-state index in [-0.39, 0.29) is 18.0 Å². The Kier molecular flexibility index (Phi) is 5.76. The summed E-state index contributed by atoms with van der Waals surface area (Å²) in [7, 11) is 0. The molecule has 1 N–H and O–H groups in total. The first-order chi connectivity index (χ1) is 14.5. The van der Waals surface area contributed by atoms with Gasteiger partial charge in [-0.1, -0.05) is 18.2 Å². The van der Waals surface area contributed by atoms with E-state index < -0.39 is 17.9 Å². The number of amides is 2. The van der Waals surface area contributed by atoms with Gasteiger partial charge in [0, 0.05) is 24.7 Å². The number of benzene rings is 1. The molecule has 1 saturated heterocycles. The van der Waals surface area contributed by atoms with Crippen molar-refractivity contribution in [2.24, 2.45) is 0 Å². The molecule has 2 aromatic rings. The number of aliphatic carboxylic acids is 1. The molecule has 1 fully saturated rings. The van der Waals surface area contributed by atoms with Crippen LogP contribution in [0, 0.1) is 0 Å². The van der Waals surface area contributed by atoms with Crippen LogP contribution in [0.4, 0.5) is 4.79 Å². The fraction of sp³-hybridized carbons (Fsp3) is 0.409. The Hall–Kier alpha value is -2.87. The van der Waals surface area contributed by atoms with E-state index in [0.29, 0.717) is 43.7 Å². The Bertz CT molecular complexity index is 937. The van der Waals surface area contributed by atoms with Crippen LogP contribution in [0.25, 0.3) is 0 Å². The van der Waals surface area contributed by atoms with Gasteiger partial charge in [-0.05, 0) is 53.8 Å². The van der Waals surface area contributed by atoms with Crippen LogP contribution in [0.1, 0.15) is 53.2 Å². The highest BCUT2D eigenvalue weighted by atomic mass is 32.1. The number of ether oxygens (including phenoxy) is 1. The van der Waals surface area contributed by atoms with Crippen LogP contribution in [-0.2, 0) is 9.53 Å². The molecule has 0 radical (unpaired) electrons. The molecule has 0 aliphatic carbocycles. The Morgan fingerprint density at radius 3 is 2.57 bits per heavy atom. The van der Waals surface area contributed by atoms with Crippen molar-refractivity contribution in [1.29, 1.82) is 0 Å². The molecule has 0 spiro atoms. The average molecular weight is 429 g/mol. The Labute approximate surface area is 178 Å². The molecule has 1 aromatic carbocycles. The standard InChI is InChI=1S/C22H24N2O5S/c1-2-29-22(28)23-10-7-15(8-11-23)24-19(14-9-12-30-13-14)18(21(26)27)16-5-3-4-6-17(16)20(24)25/h3-6,9,12-13,15,18-19H,2,7-8,10-11H2,1H3,(H,26,27)/t18-,19-/m1/s1. The minimum absolute atomic E-state index is 0.145. The predicted octanol–water partition coefficient (Wildman–Crippen LogP) is 3.73. The van der Waals surface area contributed by atoms with Crippen LogP contribution >= 0.6 is 11.3 Å². The van der Waals surface area contributed by atoms with Crippen molar-refractivity contribution in [3.8, 4) is 0 Å². The number of likely N-dealkylation sites (tertiary alicyclic amines) is 1. The van der Waals surface area contributed by atoms with Gasteiger partial charge in [-0.3, -0.25) is 9.59 Å². The van der Waals surface area contributed by atoms with E-state index >= 15 is 0 Å². The quantitative estimate of drug-likeness (QED) is 0.802. The molecule has 7 nitrogen and oxygen atoms in total. The first-order valence-electron chi connectivity index (χ1n) is 10.1. The van der Waals surface area contributed by atoms with Crippen molar-refractivity contribution < 1.29 is 24.2 Å². The number of fused-ring (bicyclic) bond motifs is 1. The fourth-order valence-corrected chi connectivity index (χ4v) is 5.25. The average Bonchev–Trinajstić information content (AvgIpc) is 3.28. The number of hydrogen-bond donors (Lipinski definition) is 1. The zero-order chi connectivity index (χ0) is 21.3. The van der Waals surface area contributed by atoms with Gasteiger partial charge in [-0.25, -0.2) is 4.79 Å². The summed E-state index contributed by atoms with van der Waals surface area (Å²) in [4.78, 5) is 41.4. The van der Waals surface area contributed by atoms with Crippen LogP contribution in [0.5, 0.6) is 0 Å². The first-order valence-corrected chi connectivity index (χ1v) is 11.1. The summed E-state index contributed by atoms with van der Waals surface area (Å²) in [6, 6.07) is 8.17. The number of carboxylic acid groups (broad SMARTS) is 1. The van der Waals surface area contributed by atoms with Crippen molar-refractivity contribution in [2.75, 3.05) is 19.7 Å². The number of carbonyl (C=O) groups is 3. The number of carbonyl (C=O) groups excluding carboxylic acids is 2. The lowest BCUT2D eigenvalue weighted by atomic mass is 9.79. The van der Waals surface area contributed by atoms with E-state index in [1.807, 2.05) is 16.8 Å². The lowest BCUT2D eigenvalue weighted by Gasteiger charge is -2.46. The summed E-state index contributed by atoms with van der Waals surface area (Å²) in [6.07, 6.45) is 0.823. The van der Waals surface area contributed by atoms with E-state index in [0.717, 1.165) is 5.56 Å². The predicted molar refractivity (Wildman–Crippen MR) is 112 cm³/mol. The zero-order valence-corrected chi connectivity index (χ0v) is 17.5. The largest absolute Gasteiger partial charge is 0.481 e. The highest BCUT2D eigenvalue weighted by molar-refractivity contribution is 7.08. The maximum absolute atomic E-state index is 13.5. The molecule has 2 atom stereocenters. The molecule has 30 heavy (non-hydrogen) atoms. The second-order valence-corrected chi connectivity index (χ2v) is 8.31. The van der Waals surface area contributed by atoms with Gasteiger partial charge >= 0.3 is 12.1 Å². The first kappa shape index (κ1) is 20.4. The van der Waals surface area contributed by atoms with Gasteiger partial charge in [0.05, 0.1) is 12.6 Å². The zero-order valence-electron chi connectivity index (χ0n) is 16.7. The molecule has 4 rings (SSSR count). The lowest BCUT2D eigenvalue weighted by molar-refractivity contribution is -0.141. The molecule has 158 valence electrons. The number of hydrogen-bond acceptors (Lipinski definition) is 5. The molecule has 8 heteroatoms. The van der Waals surface area contributed by atoms with Crippen LogP contribution in [0.2, 0.25) is 0 Å². The Balaban J connectivity index is 1.70. The summed E-state index contributed by atoms with van der Waals surface area (Å²) in [6.45, 7) is 3.04. The van der Waals surface area contributed by atoms with Crippen molar-refractivity contribution in [3.63, 3.8) is 0 Å². The molecule has 0 bridgehead atoms.